The van der Waals surface area contributed by atoms with Crippen LogP contribution in [0.4, 0.5) is 11.4 Å². The van der Waals surface area contributed by atoms with Crippen molar-refractivity contribution in [3.05, 3.63) is 97.1 Å². The highest BCUT2D eigenvalue weighted by atomic mass is 16.7. The van der Waals surface area contributed by atoms with Crippen LogP contribution in [-0.4, -0.2) is 23.3 Å². The molecule has 0 radical (unpaired) electrons. The van der Waals surface area contributed by atoms with Crippen molar-refractivity contribution in [3.8, 4) is 22.6 Å². The Morgan fingerprint density at radius 3 is 2.20 bits per heavy atom. The molecule has 148 valence electrons. The highest BCUT2D eigenvalue weighted by Gasteiger charge is 2.14. The van der Waals surface area contributed by atoms with Gasteiger partial charge in [-0.25, -0.2) is 0 Å². The molecule has 0 amide bonds. The number of fused-ring (bicyclic) bond motifs is 1. The standard InChI is InChI=1S/C25H21N3O2/c1-4-19(14-20(5-1)21-8-9-24-25(15-21)30-18-29-24)10-13-28(22-6-2-11-26-16-22)23-7-3-12-27-17-23/h1-9,11-12,14-17H,10,13,18H2. The van der Waals surface area contributed by atoms with Crippen LogP contribution in [0.25, 0.3) is 11.1 Å². The van der Waals surface area contributed by atoms with Crippen LogP contribution >= 0.6 is 0 Å². The fourth-order valence-electron chi connectivity index (χ4n) is 3.66. The van der Waals surface area contributed by atoms with Gasteiger partial charge in [-0.2, -0.15) is 0 Å². The van der Waals surface area contributed by atoms with Gasteiger partial charge in [-0.1, -0.05) is 30.3 Å². The van der Waals surface area contributed by atoms with Gasteiger partial charge in [0, 0.05) is 18.9 Å². The van der Waals surface area contributed by atoms with Gasteiger partial charge >= 0.3 is 0 Å². The van der Waals surface area contributed by atoms with Crippen molar-refractivity contribution in [3.63, 3.8) is 0 Å². The Balaban J connectivity index is 1.38. The second kappa shape index (κ2) is 8.25. The first-order valence-corrected chi connectivity index (χ1v) is 9.93. The van der Waals surface area contributed by atoms with Crippen molar-refractivity contribution in [1.29, 1.82) is 0 Å². The van der Waals surface area contributed by atoms with Crippen molar-refractivity contribution in [2.24, 2.45) is 0 Å². The van der Waals surface area contributed by atoms with Crippen LogP contribution in [-0.2, 0) is 6.42 Å². The molecular weight excluding hydrogens is 374 g/mol. The van der Waals surface area contributed by atoms with Crippen molar-refractivity contribution in [2.75, 3.05) is 18.2 Å². The average Bonchev–Trinajstić information content (AvgIpc) is 3.29. The number of ether oxygens (including phenoxy) is 2. The summed E-state index contributed by atoms with van der Waals surface area (Å²) in [5, 5.41) is 0. The number of benzene rings is 2. The number of hydrogen-bond donors (Lipinski definition) is 0. The Labute approximate surface area is 175 Å². The van der Waals surface area contributed by atoms with E-state index in [2.05, 4.69) is 57.3 Å². The van der Waals surface area contributed by atoms with Gasteiger partial charge in [0.15, 0.2) is 11.5 Å². The molecule has 0 saturated carbocycles. The molecular formula is C25H21N3O2. The number of nitrogens with zero attached hydrogens (tertiary/aromatic N) is 3. The molecule has 0 unspecified atom stereocenters. The second-order valence-electron chi connectivity index (χ2n) is 7.09. The molecule has 2 aromatic heterocycles. The Morgan fingerprint density at radius 2 is 1.47 bits per heavy atom. The van der Waals surface area contributed by atoms with E-state index in [9.17, 15) is 0 Å². The van der Waals surface area contributed by atoms with Crippen LogP contribution in [0.3, 0.4) is 0 Å². The van der Waals surface area contributed by atoms with Gasteiger partial charge in [-0.05, 0) is 59.5 Å². The van der Waals surface area contributed by atoms with Gasteiger partial charge in [-0.3, -0.25) is 9.97 Å². The molecule has 30 heavy (non-hydrogen) atoms. The number of pyridine rings is 2. The first kappa shape index (κ1) is 18.2. The summed E-state index contributed by atoms with van der Waals surface area (Å²) in [5.41, 5.74) is 5.66. The SMILES string of the molecule is c1cc(CCN(c2cccnc2)c2cccnc2)cc(-c2ccc3c(c2)OCO3)c1. The monoisotopic (exact) mass is 395 g/mol. The quantitative estimate of drug-likeness (QED) is 0.446. The Morgan fingerprint density at radius 1 is 0.733 bits per heavy atom. The second-order valence-corrected chi connectivity index (χ2v) is 7.09. The minimum absolute atomic E-state index is 0.289. The van der Waals surface area contributed by atoms with E-state index in [-0.39, 0.29) is 6.79 Å². The molecule has 1 aliphatic heterocycles. The van der Waals surface area contributed by atoms with Gasteiger partial charge in [0.2, 0.25) is 6.79 Å². The van der Waals surface area contributed by atoms with E-state index < -0.39 is 0 Å². The van der Waals surface area contributed by atoms with Crippen LogP contribution in [0, 0.1) is 0 Å². The zero-order chi connectivity index (χ0) is 20.2. The van der Waals surface area contributed by atoms with Crippen LogP contribution < -0.4 is 14.4 Å². The number of aromatic nitrogens is 2. The molecule has 0 aliphatic carbocycles. The van der Waals surface area contributed by atoms with E-state index in [1.54, 1.807) is 12.4 Å². The van der Waals surface area contributed by atoms with Gasteiger partial charge < -0.3 is 14.4 Å². The van der Waals surface area contributed by atoms with Crippen molar-refractivity contribution >= 4 is 11.4 Å². The van der Waals surface area contributed by atoms with E-state index in [1.165, 1.54) is 11.1 Å². The zero-order valence-corrected chi connectivity index (χ0v) is 16.4. The summed E-state index contributed by atoms with van der Waals surface area (Å²) in [5.74, 6) is 1.61. The predicted molar refractivity (Wildman–Crippen MR) is 117 cm³/mol. The molecule has 3 heterocycles. The lowest BCUT2D eigenvalue weighted by atomic mass is 10.0. The molecule has 0 fully saturated rings. The van der Waals surface area contributed by atoms with Gasteiger partial charge in [0.1, 0.15) is 0 Å². The Bertz CT molecular complexity index is 1090. The van der Waals surface area contributed by atoms with Crippen molar-refractivity contribution in [2.45, 2.75) is 6.42 Å². The van der Waals surface area contributed by atoms with Crippen LogP contribution in [0.5, 0.6) is 11.5 Å². The average molecular weight is 395 g/mol. The van der Waals surface area contributed by atoms with Crippen LogP contribution in [0.1, 0.15) is 5.56 Å². The summed E-state index contributed by atoms with van der Waals surface area (Å²) in [7, 11) is 0. The van der Waals surface area contributed by atoms with Gasteiger partial charge in [0.25, 0.3) is 0 Å². The summed E-state index contributed by atoms with van der Waals surface area (Å²) in [6.45, 7) is 1.11. The fourth-order valence-corrected chi connectivity index (χ4v) is 3.66. The zero-order valence-electron chi connectivity index (χ0n) is 16.4. The predicted octanol–water partition coefficient (Wildman–Crippen LogP) is 5.25. The molecule has 0 atom stereocenters. The highest BCUT2D eigenvalue weighted by Crippen LogP contribution is 2.36. The van der Waals surface area contributed by atoms with Crippen LogP contribution in [0.15, 0.2) is 91.5 Å². The first-order valence-electron chi connectivity index (χ1n) is 9.93. The number of hydrogen-bond acceptors (Lipinski definition) is 5. The lowest BCUT2D eigenvalue weighted by Gasteiger charge is -2.24. The summed E-state index contributed by atoms with van der Waals surface area (Å²) in [6.07, 6.45) is 8.24. The maximum Gasteiger partial charge on any atom is 0.231 e. The third-order valence-corrected chi connectivity index (χ3v) is 5.17. The van der Waals surface area contributed by atoms with E-state index >= 15 is 0 Å². The molecule has 0 bridgehead atoms. The molecule has 4 aromatic rings. The van der Waals surface area contributed by atoms with E-state index in [4.69, 9.17) is 9.47 Å². The topological polar surface area (TPSA) is 47.5 Å². The molecule has 0 spiro atoms. The summed E-state index contributed by atoms with van der Waals surface area (Å²) < 4.78 is 11.0. The van der Waals surface area contributed by atoms with Crippen molar-refractivity contribution < 1.29 is 9.47 Å². The third-order valence-electron chi connectivity index (χ3n) is 5.17. The maximum absolute atomic E-state index is 5.53. The van der Waals surface area contributed by atoms with E-state index in [0.29, 0.717) is 0 Å². The maximum atomic E-state index is 5.53. The molecule has 5 nitrogen and oxygen atoms in total. The molecule has 2 aromatic carbocycles. The minimum Gasteiger partial charge on any atom is -0.454 e. The summed E-state index contributed by atoms with van der Waals surface area (Å²) in [6, 6.07) is 22.8. The van der Waals surface area contributed by atoms with Crippen molar-refractivity contribution in [1.82, 2.24) is 9.97 Å². The third kappa shape index (κ3) is 3.82. The number of anilines is 2. The molecule has 0 saturated heterocycles. The fraction of sp³-hybridized carbons (Fsp3) is 0.120. The summed E-state index contributed by atoms with van der Waals surface area (Å²) in [4.78, 5) is 10.8. The van der Waals surface area contributed by atoms with Gasteiger partial charge in [0.05, 0.1) is 23.8 Å². The normalized spacial score (nSPS) is 12.0. The van der Waals surface area contributed by atoms with E-state index in [0.717, 1.165) is 41.4 Å². The molecule has 5 rings (SSSR count). The molecule has 1 aliphatic rings. The molecule has 5 heteroatoms. The number of rotatable bonds is 6. The smallest absolute Gasteiger partial charge is 0.231 e. The Kier molecular flexibility index (Phi) is 5.00. The first-order chi connectivity index (χ1) is 14.9. The van der Waals surface area contributed by atoms with Crippen LogP contribution in [0.2, 0.25) is 0 Å². The van der Waals surface area contributed by atoms with E-state index in [1.807, 2.05) is 36.7 Å². The highest BCUT2D eigenvalue weighted by molar-refractivity contribution is 5.68. The molecule has 0 N–H and O–H groups in total. The lowest BCUT2D eigenvalue weighted by Crippen LogP contribution is -2.20. The summed E-state index contributed by atoms with van der Waals surface area (Å²) >= 11 is 0. The minimum atomic E-state index is 0.289. The lowest BCUT2D eigenvalue weighted by molar-refractivity contribution is 0.174. The largest absolute Gasteiger partial charge is 0.454 e. The van der Waals surface area contributed by atoms with Gasteiger partial charge in [-0.15, -0.1) is 0 Å². The Hall–Kier alpha value is -3.86.